The van der Waals surface area contributed by atoms with Crippen LogP contribution < -0.4 is 0 Å². The van der Waals surface area contributed by atoms with E-state index in [1.54, 1.807) is 0 Å². The van der Waals surface area contributed by atoms with Crippen molar-refractivity contribution in [3.8, 4) is 0 Å². The zero-order chi connectivity index (χ0) is 18.4. The zero-order valence-electron chi connectivity index (χ0n) is 16.0. The van der Waals surface area contributed by atoms with E-state index in [1.807, 2.05) is 25.1 Å². The Hall–Kier alpha value is -1.97. The SMILES string of the molecule is CCC(=O)C(c1ccccc1)N1CCN(CCc2ccccc2)CC1C. The molecule has 2 unspecified atom stereocenters. The molecule has 1 fully saturated rings. The van der Waals surface area contributed by atoms with Gasteiger partial charge >= 0.3 is 0 Å². The molecular formula is C23H30N2O. The van der Waals surface area contributed by atoms with Crippen LogP contribution in [0.5, 0.6) is 0 Å². The molecule has 1 aliphatic heterocycles. The Kier molecular flexibility index (Phi) is 6.59. The number of nitrogens with zero attached hydrogens (tertiary/aromatic N) is 2. The molecule has 1 heterocycles. The zero-order valence-corrected chi connectivity index (χ0v) is 16.0. The van der Waals surface area contributed by atoms with Gasteiger partial charge in [0.15, 0.2) is 5.78 Å². The number of Topliss-reactive ketones (excluding diaryl/α,β-unsaturated/α-hetero) is 1. The Bertz CT molecular complexity index is 686. The first kappa shape index (κ1) is 18.8. The molecule has 0 saturated carbocycles. The third-order valence-electron chi connectivity index (χ3n) is 5.42. The van der Waals surface area contributed by atoms with Gasteiger partial charge in [-0.1, -0.05) is 67.6 Å². The first-order valence-corrected chi connectivity index (χ1v) is 9.78. The van der Waals surface area contributed by atoms with Gasteiger partial charge in [0, 0.05) is 38.6 Å². The minimum absolute atomic E-state index is 0.104. The minimum atomic E-state index is -0.104. The number of piperazine rings is 1. The van der Waals surface area contributed by atoms with Gasteiger partial charge in [-0.15, -0.1) is 0 Å². The first-order chi connectivity index (χ1) is 12.7. The lowest BCUT2D eigenvalue weighted by Crippen LogP contribution is -2.54. The maximum Gasteiger partial charge on any atom is 0.154 e. The van der Waals surface area contributed by atoms with Gasteiger partial charge in [0.1, 0.15) is 0 Å². The number of benzene rings is 2. The van der Waals surface area contributed by atoms with Crippen molar-refractivity contribution in [3.05, 3.63) is 71.8 Å². The maximum absolute atomic E-state index is 12.7. The maximum atomic E-state index is 12.7. The molecule has 0 N–H and O–H groups in total. The highest BCUT2D eigenvalue weighted by Crippen LogP contribution is 2.27. The van der Waals surface area contributed by atoms with Crippen molar-refractivity contribution >= 4 is 5.78 Å². The van der Waals surface area contributed by atoms with E-state index in [0.717, 1.165) is 38.2 Å². The first-order valence-electron chi connectivity index (χ1n) is 9.78. The molecule has 0 spiro atoms. The summed E-state index contributed by atoms with van der Waals surface area (Å²) in [6.45, 7) is 8.30. The van der Waals surface area contributed by atoms with Gasteiger partial charge < -0.3 is 4.90 Å². The summed E-state index contributed by atoms with van der Waals surface area (Å²) in [4.78, 5) is 17.6. The van der Waals surface area contributed by atoms with E-state index in [2.05, 4.69) is 59.2 Å². The molecule has 0 aromatic heterocycles. The third kappa shape index (κ3) is 4.60. The minimum Gasteiger partial charge on any atom is -0.300 e. The fourth-order valence-electron chi connectivity index (χ4n) is 3.96. The van der Waals surface area contributed by atoms with E-state index in [-0.39, 0.29) is 6.04 Å². The molecule has 3 heteroatoms. The topological polar surface area (TPSA) is 23.6 Å². The van der Waals surface area contributed by atoms with E-state index in [0.29, 0.717) is 18.2 Å². The van der Waals surface area contributed by atoms with Crippen LogP contribution in [0, 0.1) is 0 Å². The predicted molar refractivity (Wildman–Crippen MR) is 107 cm³/mol. The Morgan fingerprint density at radius 1 is 1.04 bits per heavy atom. The summed E-state index contributed by atoms with van der Waals surface area (Å²) in [5, 5.41) is 0. The number of rotatable bonds is 7. The Morgan fingerprint density at radius 3 is 2.31 bits per heavy atom. The highest BCUT2D eigenvalue weighted by Gasteiger charge is 2.33. The Balaban J connectivity index is 1.64. The van der Waals surface area contributed by atoms with Crippen LogP contribution in [0.3, 0.4) is 0 Å². The van der Waals surface area contributed by atoms with Crippen molar-refractivity contribution < 1.29 is 4.79 Å². The van der Waals surface area contributed by atoms with Gasteiger partial charge in [0.2, 0.25) is 0 Å². The predicted octanol–water partition coefficient (Wildman–Crippen LogP) is 3.96. The van der Waals surface area contributed by atoms with Crippen LogP contribution in [0.1, 0.15) is 37.4 Å². The van der Waals surface area contributed by atoms with E-state index in [9.17, 15) is 4.79 Å². The third-order valence-corrected chi connectivity index (χ3v) is 5.42. The van der Waals surface area contributed by atoms with Gasteiger partial charge in [-0.25, -0.2) is 0 Å². The van der Waals surface area contributed by atoms with Crippen molar-refractivity contribution in [2.24, 2.45) is 0 Å². The number of ketones is 1. The summed E-state index contributed by atoms with van der Waals surface area (Å²) in [7, 11) is 0. The number of hydrogen-bond acceptors (Lipinski definition) is 3. The van der Waals surface area contributed by atoms with Crippen LogP contribution in [0.2, 0.25) is 0 Å². The summed E-state index contributed by atoms with van der Waals surface area (Å²) >= 11 is 0. The summed E-state index contributed by atoms with van der Waals surface area (Å²) in [6, 6.07) is 21.2. The average molecular weight is 351 g/mol. The fourth-order valence-corrected chi connectivity index (χ4v) is 3.96. The molecular weight excluding hydrogens is 320 g/mol. The second-order valence-electron chi connectivity index (χ2n) is 7.26. The van der Waals surface area contributed by atoms with Crippen LogP contribution in [0.25, 0.3) is 0 Å². The van der Waals surface area contributed by atoms with Crippen molar-refractivity contribution in [2.75, 3.05) is 26.2 Å². The van der Waals surface area contributed by atoms with Crippen LogP contribution in [-0.2, 0) is 11.2 Å². The Labute approximate surface area is 157 Å². The van der Waals surface area contributed by atoms with Crippen LogP contribution in [-0.4, -0.2) is 47.8 Å². The van der Waals surface area contributed by atoms with Gasteiger partial charge in [-0.3, -0.25) is 9.69 Å². The molecule has 2 aromatic carbocycles. The van der Waals surface area contributed by atoms with Crippen LogP contribution in [0.4, 0.5) is 0 Å². The van der Waals surface area contributed by atoms with Crippen LogP contribution >= 0.6 is 0 Å². The molecule has 0 aliphatic carbocycles. The van der Waals surface area contributed by atoms with Gasteiger partial charge in [0.25, 0.3) is 0 Å². The molecule has 26 heavy (non-hydrogen) atoms. The van der Waals surface area contributed by atoms with Gasteiger partial charge in [-0.2, -0.15) is 0 Å². The van der Waals surface area contributed by atoms with E-state index >= 15 is 0 Å². The summed E-state index contributed by atoms with van der Waals surface area (Å²) in [6.07, 6.45) is 1.67. The monoisotopic (exact) mass is 350 g/mol. The highest BCUT2D eigenvalue weighted by molar-refractivity contribution is 5.85. The molecule has 3 rings (SSSR count). The largest absolute Gasteiger partial charge is 0.300 e. The highest BCUT2D eigenvalue weighted by atomic mass is 16.1. The molecule has 0 bridgehead atoms. The molecule has 138 valence electrons. The normalized spacial score (nSPS) is 20.0. The standard InChI is InChI=1S/C23H30N2O/c1-3-22(26)23(21-12-8-5-9-13-21)25-17-16-24(18-19(25)2)15-14-20-10-6-4-7-11-20/h4-13,19,23H,3,14-18H2,1-2H3. The van der Waals surface area contributed by atoms with Gasteiger partial charge in [-0.05, 0) is 24.5 Å². The summed E-state index contributed by atoms with van der Waals surface area (Å²) in [5.41, 5.74) is 2.52. The van der Waals surface area contributed by atoms with Crippen molar-refractivity contribution in [3.63, 3.8) is 0 Å². The van der Waals surface area contributed by atoms with E-state index < -0.39 is 0 Å². The summed E-state index contributed by atoms with van der Waals surface area (Å²) < 4.78 is 0. The molecule has 1 aliphatic rings. The summed E-state index contributed by atoms with van der Waals surface area (Å²) in [5.74, 6) is 0.320. The molecule has 0 amide bonds. The fraction of sp³-hybridized carbons (Fsp3) is 0.435. The van der Waals surface area contributed by atoms with E-state index in [1.165, 1.54) is 5.56 Å². The van der Waals surface area contributed by atoms with Crippen molar-refractivity contribution in [1.82, 2.24) is 9.80 Å². The second kappa shape index (κ2) is 9.11. The second-order valence-corrected chi connectivity index (χ2v) is 7.26. The average Bonchev–Trinajstić information content (AvgIpc) is 2.69. The van der Waals surface area contributed by atoms with E-state index in [4.69, 9.17) is 0 Å². The van der Waals surface area contributed by atoms with Crippen molar-refractivity contribution in [2.45, 2.75) is 38.8 Å². The molecule has 3 nitrogen and oxygen atoms in total. The number of carbonyl (C=O) groups is 1. The lowest BCUT2D eigenvalue weighted by molar-refractivity contribution is -0.126. The van der Waals surface area contributed by atoms with Crippen molar-refractivity contribution in [1.29, 1.82) is 0 Å². The lowest BCUT2D eigenvalue weighted by atomic mass is 9.96. The molecule has 2 atom stereocenters. The molecule has 0 radical (unpaired) electrons. The lowest BCUT2D eigenvalue weighted by Gasteiger charge is -2.43. The molecule has 2 aromatic rings. The number of hydrogen-bond donors (Lipinski definition) is 0. The van der Waals surface area contributed by atoms with Gasteiger partial charge in [0.05, 0.1) is 6.04 Å². The quantitative estimate of drug-likeness (QED) is 0.755. The molecule has 1 saturated heterocycles. The Morgan fingerprint density at radius 2 is 1.69 bits per heavy atom. The number of carbonyl (C=O) groups excluding carboxylic acids is 1. The smallest absolute Gasteiger partial charge is 0.154 e. The van der Waals surface area contributed by atoms with Crippen LogP contribution in [0.15, 0.2) is 60.7 Å².